The van der Waals surface area contributed by atoms with E-state index >= 15 is 0 Å². The van der Waals surface area contributed by atoms with Crippen LogP contribution in [0.15, 0.2) is 35.5 Å². The molecule has 0 bridgehead atoms. The molecule has 25 heavy (non-hydrogen) atoms. The van der Waals surface area contributed by atoms with E-state index in [9.17, 15) is 23.3 Å². The maximum Gasteiger partial charge on any atom is 0.354 e. The van der Waals surface area contributed by atoms with Crippen molar-refractivity contribution in [2.75, 3.05) is 6.54 Å². The lowest BCUT2D eigenvalue weighted by molar-refractivity contribution is -0.387. The lowest BCUT2D eigenvalue weighted by atomic mass is 10.0. The van der Waals surface area contributed by atoms with Gasteiger partial charge in [-0.05, 0) is 12.5 Å². The Morgan fingerprint density at radius 3 is 2.68 bits per heavy atom. The van der Waals surface area contributed by atoms with Gasteiger partial charge in [0.05, 0.1) is 17.2 Å². The van der Waals surface area contributed by atoms with Crippen molar-refractivity contribution in [1.82, 2.24) is 14.3 Å². The molecule has 1 N–H and O–H groups in total. The second-order valence-corrected chi connectivity index (χ2v) is 7.17. The molecule has 2 aromatic rings. The third-order valence-electron chi connectivity index (χ3n) is 3.85. The minimum Gasteiger partial charge on any atom is -0.477 e. The number of hydrogen-bond acceptors (Lipinski definition) is 7. The summed E-state index contributed by atoms with van der Waals surface area (Å²) in [6, 6.07) is 5.08. The van der Waals surface area contributed by atoms with E-state index in [1.54, 1.807) is 0 Å². The number of benzene rings is 1. The number of hydrogen-bond donors (Lipinski definition) is 1. The fourth-order valence-electron chi connectivity index (χ4n) is 2.69. The zero-order valence-corrected chi connectivity index (χ0v) is 13.5. The summed E-state index contributed by atoms with van der Waals surface area (Å²) in [6.07, 6.45) is 1.17. The Balaban J connectivity index is 2.01. The normalized spacial score (nSPS) is 14.7. The number of nitro groups is 1. The average Bonchev–Trinajstić information content (AvgIpc) is 2.60. The summed E-state index contributed by atoms with van der Waals surface area (Å²) in [5.74, 6) is -1.21. The number of sulfonamides is 1. The maximum absolute atomic E-state index is 12.8. The number of rotatable bonds is 4. The fraction of sp³-hybridized carbons (Fsp3) is 0.214. The molecule has 2 heterocycles. The van der Waals surface area contributed by atoms with Crippen molar-refractivity contribution < 1.29 is 23.2 Å². The van der Waals surface area contributed by atoms with Gasteiger partial charge in [-0.3, -0.25) is 10.1 Å². The highest BCUT2D eigenvalue weighted by atomic mass is 32.2. The minimum atomic E-state index is -4.13. The first-order valence-electron chi connectivity index (χ1n) is 7.12. The van der Waals surface area contributed by atoms with Crippen LogP contribution < -0.4 is 0 Å². The van der Waals surface area contributed by atoms with Crippen molar-refractivity contribution in [2.45, 2.75) is 17.9 Å². The van der Waals surface area contributed by atoms with Gasteiger partial charge in [-0.2, -0.15) is 4.31 Å². The zero-order valence-electron chi connectivity index (χ0n) is 12.7. The molecule has 0 fully saturated rings. The average molecular weight is 364 g/mol. The van der Waals surface area contributed by atoms with E-state index in [-0.39, 0.29) is 30.9 Å². The molecule has 1 aliphatic heterocycles. The summed E-state index contributed by atoms with van der Waals surface area (Å²) >= 11 is 0. The van der Waals surface area contributed by atoms with Crippen LogP contribution in [0, 0.1) is 10.1 Å². The molecule has 130 valence electrons. The molecule has 0 spiro atoms. The highest BCUT2D eigenvalue weighted by Gasteiger charge is 2.35. The molecule has 10 nitrogen and oxygen atoms in total. The summed E-state index contributed by atoms with van der Waals surface area (Å²) < 4.78 is 26.7. The molecule has 0 saturated heterocycles. The van der Waals surface area contributed by atoms with Crippen molar-refractivity contribution in [2.24, 2.45) is 0 Å². The van der Waals surface area contributed by atoms with Gasteiger partial charge in [0.25, 0.3) is 5.69 Å². The van der Waals surface area contributed by atoms with E-state index in [1.165, 1.54) is 18.2 Å². The summed E-state index contributed by atoms with van der Waals surface area (Å²) in [5, 5.41) is 20.3. The number of nitro benzene ring substituents is 1. The first-order chi connectivity index (χ1) is 11.8. The van der Waals surface area contributed by atoms with Gasteiger partial charge >= 0.3 is 5.97 Å². The van der Waals surface area contributed by atoms with Crippen molar-refractivity contribution >= 4 is 21.7 Å². The maximum atomic E-state index is 12.8. The summed E-state index contributed by atoms with van der Waals surface area (Å²) in [6.45, 7) is -0.193. The molecule has 0 amide bonds. The molecular formula is C14H12N4O6S. The first-order valence-corrected chi connectivity index (χ1v) is 8.56. The van der Waals surface area contributed by atoms with Gasteiger partial charge < -0.3 is 5.11 Å². The number of aromatic carboxylic acids is 1. The van der Waals surface area contributed by atoms with E-state index in [4.69, 9.17) is 5.11 Å². The van der Waals surface area contributed by atoms with Gasteiger partial charge in [-0.25, -0.2) is 23.2 Å². The molecule has 0 unspecified atom stereocenters. The second kappa shape index (κ2) is 6.18. The highest BCUT2D eigenvalue weighted by molar-refractivity contribution is 7.89. The highest BCUT2D eigenvalue weighted by Crippen LogP contribution is 2.29. The third-order valence-corrected chi connectivity index (χ3v) is 5.75. The largest absolute Gasteiger partial charge is 0.477 e. The first kappa shape index (κ1) is 16.9. The van der Waals surface area contributed by atoms with E-state index < -0.39 is 31.5 Å². The van der Waals surface area contributed by atoms with Gasteiger partial charge in [-0.1, -0.05) is 12.1 Å². The molecular weight excluding hydrogens is 352 g/mol. The Bertz CT molecular complexity index is 975. The number of fused-ring (bicyclic) bond motifs is 1. The van der Waals surface area contributed by atoms with Crippen LogP contribution in [0.5, 0.6) is 0 Å². The Labute approximate surface area is 142 Å². The van der Waals surface area contributed by atoms with Crippen LogP contribution in [-0.2, 0) is 23.0 Å². The van der Waals surface area contributed by atoms with Gasteiger partial charge in [0.2, 0.25) is 10.0 Å². The standard InChI is InChI=1S/C14H12N4O6S/c19-14(20)13-9-5-6-17(7-10(9)15-8-16-13)25(23,24)12-4-2-1-3-11(12)18(21)22/h1-4,8H,5-7H2,(H,19,20). The Hall–Kier alpha value is -2.92. The third kappa shape index (κ3) is 2.94. The van der Waals surface area contributed by atoms with Crippen molar-refractivity contribution in [3.63, 3.8) is 0 Å². The van der Waals surface area contributed by atoms with Gasteiger partial charge in [0.15, 0.2) is 10.6 Å². The predicted octanol–water partition coefficient (Wildman–Crippen LogP) is 0.830. The molecule has 1 aliphatic rings. The summed E-state index contributed by atoms with van der Waals surface area (Å²) in [5.41, 5.74) is -0.0141. The number of carboxylic acid groups (broad SMARTS) is 1. The monoisotopic (exact) mass is 364 g/mol. The molecule has 0 aliphatic carbocycles. The van der Waals surface area contributed by atoms with Crippen molar-refractivity contribution in [3.8, 4) is 0 Å². The Kier molecular flexibility index (Phi) is 4.18. The molecule has 0 radical (unpaired) electrons. The SMILES string of the molecule is O=C(O)c1ncnc2c1CCN(S(=O)(=O)c1ccccc1[N+](=O)[O-])C2. The van der Waals surface area contributed by atoms with Crippen LogP contribution >= 0.6 is 0 Å². The van der Waals surface area contributed by atoms with Crippen LogP contribution in [0.1, 0.15) is 21.7 Å². The molecule has 11 heteroatoms. The van der Waals surface area contributed by atoms with Crippen molar-refractivity contribution in [3.05, 3.63) is 57.7 Å². The van der Waals surface area contributed by atoms with E-state index in [1.807, 2.05) is 0 Å². The fourth-order valence-corrected chi connectivity index (χ4v) is 4.24. The van der Waals surface area contributed by atoms with E-state index in [0.717, 1.165) is 16.7 Å². The second-order valence-electron chi connectivity index (χ2n) is 5.27. The zero-order chi connectivity index (χ0) is 18.2. The minimum absolute atomic E-state index is 0.0188. The van der Waals surface area contributed by atoms with Crippen LogP contribution in [-0.4, -0.2) is 45.2 Å². The molecule has 1 aromatic heterocycles. The van der Waals surface area contributed by atoms with E-state index in [0.29, 0.717) is 5.56 Å². The number of carbonyl (C=O) groups is 1. The van der Waals surface area contributed by atoms with Gasteiger partial charge in [-0.15, -0.1) is 0 Å². The number of para-hydroxylation sites is 1. The predicted molar refractivity (Wildman–Crippen MR) is 83.4 cm³/mol. The van der Waals surface area contributed by atoms with Gasteiger partial charge in [0, 0.05) is 18.2 Å². The summed E-state index contributed by atoms with van der Waals surface area (Å²) in [7, 11) is -4.13. The number of aromatic nitrogens is 2. The van der Waals surface area contributed by atoms with Crippen LogP contribution in [0.3, 0.4) is 0 Å². The lowest BCUT2D eigenvalue weighted by Crippen LogP contribution is -2.37. The number of nitrogens with zero attached hydrogens (tertiary/aromatic N) is 4. The van der Waals surface area contributed by atoms with Crippen LogP contribution in [0.25, 0.3) is 0 Å². The van der Waals surface area contributed by atoms with Gasteiger partial charge in [0.1, 0.15) is 6.33 Å². The molecule has 0 atom stereocenters. The van der Waals surface area contributed by atoms with Crippen LogP contribution in [0.2, 0.25) is 0 Å². The summed E-state index contributed by atoms with van der Waals surface area (Å²) in [4.78, 5) is 28.8. The Morgan fingerprint density at radius 1 is 1.28 bits per heavy atom. The van der Waals surface area contributed by atoms with E-state index in [2.05, 4.69) is 9.97 Å². The topological polar surface area (TPSA) is 144 Å². The quantitative estimate of drug-likeness (QED) is 0.620. The van der Waals surface area contributed by atoms with Crippen molar-refractivity contribution in [1.29, 1.82) is 0 Å². The molecule has 0 saturated carbocycles. The molecule has 3 rings (SSSR count). The smallest absolute Gasteiger partial charge is 0.354 e. The Morgan fingerprint density at radius 2 is 2.00 bits per heavy atom. The van der Waals surface area contributed by atoms with Crippen LogP contribution in [0.4, 0.5) is 5.69 Å². The molecule has 1 aromatic carbocycles. The number of carboxylic acids is 1. The lowest BCUT2D eigenvalue weighted by Gasteiger charge is -2.27.